The van der Waals surface area contributed by atoms with E-state index in [2.05, 4.69) is 15.9 Å². The molecule has 0 radical (unpaired) electrons. The molecule has 0 spiro atoms. The maximum Gasteiger partial charge on any atom is 0.123 e. The van der Waals surface area contributed by atoms with Crippen LogP contribution in [0, 0.1) is 17.1 Å². The first-order valence-corrected chi connectivity index (χ1v) is 7.49. The second-order valence-corrected chi connectivity index (χ2v) is 5.74. The van der Waals surface area contributed by atoms with Crippen LogP contribution in [0.1, 0.15) is 17.5 Å². The average Bonchev–Trinajstić information content (AvgIpc) is 2.97. The van der Waals surface area contributed by atoms with Crippen LogP contribution in [0.25, 0.3) is 0 Å². The van der Waals surface area contributed by atoms with Gasteiger partial charge < -0.3 is 4.74 Å². The first-order chi connectivity index (χ1) is 10.3. The normalized spacial score (nSPS) is 24.1. The van der Waals surface area contributed by atoms with Crippen LogP contribution in [0.5, 0.6) is 0 Å². The maximum atomic E-state index is 13.4. The molecular formula is C16H20FN3O. The number of rotatable bonds is 3. The third-order valence-electron chi connectivity index (χ3n) is 4.39. The van der Waals surface area contributed by atoms with Crippen molar-refractivity contribution in [3.8, 4) is 6.07 Å². The first-order valence-electron chi connectivity index (χ1n) is 7.49. The number of nitriles is 1. The van der Waals surface area contributed by atoms with Gasteiger partial charge in [0.15, 0.2) is 0 Å². The van der Waals surface area contributed by atoms with Crippen LogP contribution in [0.3, 0.4) is 0 Å². The molecule has 2 aliphatic rings. The highest BCUT2D eigenvalue weighted by Crippen LogP contribution is 2.21. The Labute approximate surface area is 124 Å². The molecule has 4 nitrogen and oxygen atoms in total. The molecule has 112 valence electrons. The lowest BCUT2D eigenvalue weighted by Crippen LogP contribution is -2.44. The van der Waals surface area contributed by atoms with Gasteiger partial charge in [-0.15, -0.1) is 0 Å². The summed E-state index contributed by atoms with van der Waals surface area (Å²) in [7, 11) is 0. The number of halogens is 1. The molecule has 2 aliphatic heterocycles. The summed E-state index contributed by atoms with van der Waals surface area (Å²) < 4.78 is 18.8. The van der Waals surface area contributed by atoms with E-state index < -0.39 is 0 Å². The lowest BCUT2D eigenvalue weighted by atomic mass is 10.1. The van der Waals surface area contributed by atoms with Crippen molar-refractivity contribution >= 4 is 0 Å². The third-order valence-corrected chi connectivity index (χ3v) is 4.39. The fraction of sp³-hybridized carbons (Fsp3) is 0.562. The van der Waals surface area contributed by atoms with Crippen LogP contribution in [0.15, 0.2) is 18.2 Å². The highest BCUT2D eigenvalue weighted by molar-refractivity contribution is 5.37. The molecule has 2 saturated heterocycles. The van der Waals surface area contributed by atoms with Crippen molar-refractivity contribution in [3.63, 3.8) is 0 Å². The molecule has 0 saturated carbocycles. The van der Waals surface area contributed by atoms with E-state index in [0.29, 0.717) is 18.2 Å². The van der Waals surface area contributed by atoms with Crippen LogP contribution in [-0.4, -0.2) is 55.2 Å². The van der Waals surface area contributed by atoms with Gasteiger partial charge in [0.1, 0.15) is 5.82 Å². The zero-order valence-corrected chi connectivity index (χ0v) is 12.1. The summed E-state index contributed by atoms with van der Waals surface area (Å²) in [5.41, 5.74) is 1.37. The summed E-state index contributed by atoms with van der Waals surface area (Å²) >= 11 is 0. The Morgan fingerprint density at radius 2 is 2.10 bits per heavy atom. The Balaban J connectivity index is 1.62. The summed E-state index contributed by atoms with van der Waals surface area (Å²) in [5, 5.41) is 9.13. The van der Waals surface area contributed by atoms with E-state index in [-0.39, 0.29) is 5.82 Å². The Morgan fingerprint density at radius 3 is 2.86 bits per heavy atom. The predicted octanol–water partition coefficient (Wildman–Crippen LogP) is 1.60. The zero-order valence-electron chi connectivity index (χ0n) is 12.1. The summed E-state index contributed by atoms with van der Waals surface area (Å²) in [4.78, 5) is 4.80. The molecule has 0 N–H and O–H groups in total. The second kappa shape index (κ2) is 6.52. The van der Waals surface area contributed by atoms with Crippen molar-refractivity contribution in [1.29, 1.82) is 5.26 Å². The second-order valence-electron chi connectivity index (χ2n) is 5.74. The SMILES string of the molecule is N#Cc1ccc(F)cc1CN1CCC(N2CCOCC2)C1. The maximum absolute atomic E-state index is 13.4. The van der Waals surface area contributed by atoms with Crippen molar-refractivity contribution in [2.45, 2.75) is 19.0 Å². The van der Waals surface area contributed by atoms with Crippen LogP contribution in [0.4, 0.5) is 4.39 Å². The number of morpholine rings is 1. The number of hydrogen-bond donors (Lipinski definition) is 0. The molecular weight excluding hydrogens is 269 g/mol. The van der Waals surface area contributed by atoms with E-state index in [0.717, 1.165) is 51.4 Å². The molecule has 0 bridgehead atoms. The van der Waals surface area contributed by atoms with Crippen molar-refractivity contribution in [2.24, 2.45) is 0 Å². The standard InChI is InChI=1S/C16H20FN3O/c17-15-2-1-13(10-18)14(9-15)11-19-4-3-16(12-19)20-5-7-21-8-6-20/h1-2,9,16H,3-8,11-12H2. The summed E-state index contributed by atoms with van der Waals surface area (Å²) in [5.74, 6) is -0.270. The van der Waals surface area contributed by atoms with E-state index in [1.54, 1.807) is 6.07 Å². The monoisotopic (exact) mass is 289 g/mol. The number of hydrogen-bond acceptors (Lipinski definition) is 4. The van der Waals surface area contributed by atoms with Crippen LogP contribution in [-0.2, 0) is 11.3 Å². The lowest BCUT2D eigenvalue weighted by Gasteiger charge is -2.32. The molecule has 5 heteroatoms. The molecule has 0 amide bonds. The Bertz CT molecular complexity index is 537. The van der Waals surface area contributed by atoms with Gasteiger partial charge in [0.25, 0.3) is 0 Å². The Morgan fingerprint density at radius 1 is 1.29 bits per heavy atom. The topological polar surface area (TPSA) is 39.5 Å². The molecule has 3 rings (SSSR count). The molecule has 0 aliphatic carbocycles. The van der Waals surface area contributed by atoms with Gasteiger partial charge in [-0.1, -0.05) is 0 Å². The smallest absolute Gasteiger partial charge is 0.123 e. The van der Waals surface area contributed by atoms with E-state index in [1.165, 1.54) is 12.1 Å². The zero-order chi connectivity index (χ0) is 14.7. The van der Waals surface area contributed by atoms with E-state index in [1.807, 2.05) is 0 Å². The van der Waals surface area contributed by atoms with Gasteiger partial charge in [0.05, 0.1) is 24.8 Å². The molecule has 1 aromatic rings. The minimum atomic E-state index is -0.270. The highest BCUT2D eigenvalue weighted by atomic mass is 19.1. The average molecular weight is 289 g/mol. The highest BCUT2D eigenvalue weighted by Gasteiger charge is 2.28. The van der Waals surface area contributed by atoms with Gasteiger partial charge in [0, 0.05) is 38.8 Å². The fourth-order valence-corrected chi connectivity index (χ4v) is 3.24. The quantitative estimate of drug-likeness (QED) is 0.847. The van der Waals surface area contributed by atoms with Crippen LogP contribution < -0.4 is 0 Å². The molecule has 1 unspecified atom stereocenters. The van der Waals surface area contributed by atoms with Crippen molar-refractivity contribution in [3.05, 3.63) is 35.1 Å². The van der Waals surface area contributed by atoms with Crippen molar-refractivity contribution in [1.82, 2.24) is 9.80 Å². The van der Waals surface area contributed by atoms with E-state index >= 15 is 0 Å². The fourth-order valence-electron chi connectivity index (χ4n) is 3.24. The molecule has 2 heterocycles. The first kappa shape index (κ1) is 14.5. The molecule has 0 aromatic heterocycles. The van der Waals surface area contributed by atoms with Gasteiger partial charge in [-0.25, -0.2) is 4.39 Å². The number of benzene rings is 1. The Kier molecular flexibility index (Phi) is 4.49. The van der Waals surface area contributed by atoms with Crippen LogP contribution in [0.2, 0.25) is 0 Å². The number of likely N-dealkylation sites (tertiary alicyclic amines) is 1. The van der Waals surface area contributed by atoms with Gasteiger partial charge in [-0.3, -0.25) is 9.80 Å². The van der Waals surface area contributed by atoms with Gasteiger partial charge >= 0.3 is 0 Å². The minimum Gasteiger partial charge on any atom is -0.379 e. The van der Waals surface area contributed by atoms with Crippen LogP contribution >= 0.6 is 0 Å². The minimum absolute atomic E-state index is 0.270. The largest absolute Gasteiger partial charge is 0.379 e. The van der Waals surface area contributed by atoms with E-state index in [4.69, 9.17) is 10.00 Å². The van der Waals surface area contributed by atoms with Crippen molar-refractivity contribution < 1.29 is 9.13 Å². The molecule has 1 aromatic carbocycles. The number of nitrogens with zero attached hydrogens (tertiary/aromatic N) is 3. The van der Waals surface area contributed by atoms with Crippen molar-refractivity contribution in [2.75, 3.05) is 39.4 Å². The Hall–Kier alpha value is -1.48. The van der Waals surface area contributed by atoms with Gasteiger partial charge in [0.2, 0.25) is 0 Å². The predicted molar refractivity (Wildman–Crippen MR) is 77.2 cm³/mol. The summed E-state index contributed by atoms with van der Waals surface area (Å²) in [6, 6.07) is 7.12. The molecule has 21 heavy (non-hydrogen) atoms. The number of ether oxygens (including phenoxy) is 1. The lowest BCUT2D eigenvalue weighted by molar-refractivity contribution is 0.0184. The summed E-state index contributed by atoms with van der Waals surface area (Å²) in [6.07, 6.45) is 1.14. The summed E-state index contributed by atoms with van der Waals surface area (Å²) in [6.45, 7) is 6.29. The third kappa shape index (κ3) is 3.41. The van der Waals surface area contributed by atoms with E-state index in [9.17, 15) is 4.39 Å². The van der Waals surface area contributed by atoms with Gasteiger partial charge in [-0.05, 0) is 30.2 Å². The van der Waals surface area contributed by atoms with Gasteiger partial charge in [-0.2, -0.15) is 5.26 Å². The molecule has 2 fully saturated rings. The molecule has 1 atom stereocenters.